The van der Waals surface area contributed by atoms with Gasteiger partial charge >= 0.3 is 0 Å². The van der Waals surface area contributed by atoms with E-state index in [1.807, 2.05) is 60.7 Å². The minimum atomic E-state index is -0.137. The lowest BCUT2D eigenvalue weighted by molar-refractivity contribution is 0.0438. The third-order valence-corrected chi connectivity index (χ3v) is 6.33. The molecule has 1 N–H and O–H groups in total. The Morgan fingerprint density at radius 3 is 2.47 bits per heavy atom. The largest absolute Gasteiger partial charge is 0.457 e. The predicted octanol–water partition coefficient (Wildman–Crippen LogP) is 5.46. The first-order chi connectivity index (χ1) is 16.7. The number of piperazine rings is 1. The number of benzene rings is 3. The molecule has 1 fully saturated rings. The Hall–Kier alpha value is -3.35. The van der Waals surface area contributed by atoms with Crippen LogP contribution in [0.2, 0.25) is 0 Å². The Labute approximate surface area is 200 Å². The van der Waals surface area contributed by atoms with Gasteiger partial charge in [-0.2, -0.15) is 0 Å². The third kappa shape index (κ3) is 5.58. The lowest BCUT2D eigenvalue weighted by Gasteiger charge is -2.36. The molecule has 0 bridgehead atoms. The van der Waals surface area contributed by atoms with Crippen LogP contribution in [0.25, 0.3) is 5.70 Å². The van der Waals surface area contributed by atoms with Gasteiger partial charge in [-0.1, -0.05) is 42.5 Å². The second-order valence-electron chi connectivity index (χ2n) is 8.70. The van der Waals surface area contributed by atoms with Crippen molar-refractivity contribution in [2.24, 2.45) is 0 Å². The summed E-state index contributed by atoms with van der Waals surface area (Å²) < 4.78 is 20.0. The molecule has 0 spiro atoms. The summed E-state index contributed by atoms with van der Waals surface area (Å²) >= 11 is 0. The summed E-state index contributed by atoms with van der Waals surface area (Å²) in [5, 5.41) is 0. The number of para-hydroxylation sites is 2. The van der Waals surface area contributed by atoms with Gasteiger partial charge in [-0.3, -0.25) is 15.2 Å². The zero-order chi connectivity index (χ0) is 23.2. The second kappa shape index (κ2) is 10.7. The standard InChI is InChI=1S/C28H30FN3O2/c29-26-13-4-5-14-28(26)32-18-16-31(17-19-32)15-7-12-25-21-27(30-34-25)22-8-6-11-24(20-22)33-23-9-2-1-3-10-23/h1-6,8-11,13-14,20-21,25,30H,7,12,15-19H2. The van der Waals surface area contributed by atoms with Crippen molar-refractivity contribution in [3.05, 3.63) is 96.3 Å². The van der Waals surface area contributed by atoms with Gasteiger partial charge in [-0.15, -0.1) is 0 Å². The summed E-state index contributed by atoms with van der Waals surface area (Å²) in [7, 11) is 0. The van der Waals surface area contributed by atoms with Crippen LogP contribution < -0.4 is 15.1 Å². The maximum Gasteiger partial charge on any atom is 0.146 e. The maximum absolute atomic E-state index is 14.0. The van der Waals surface area contributed by atoms with E-state index in [0.717, 1.165) is 68.3 Å². The molecule has 3 aromatic rings. The topological polar surface area (TPSA) is 37.0 Å². The number of nitrogens with one attached hydrogen (secondary N) is 1. The van der Waals surface area contributed by atoms with Crippen LogP contribution in [-0.4, -0.2) is 43.7 Å². The minimum absolute atomic E-state index is 0.0494. The van der Waals surface area contributed by atoms with E-state index in [1.165, 1.54) is 6.07 Å². The highest BCUT2D eigenvalue weighted by Crippen LogP contribution is 2.27. The van der Waals surface area contributed by atoms with Crippen molar-refractivity contribution in [1.29, 1.82) is 0 Å². The highest BCUT2D eigenvalue weighted by Gasteiger charge is 2.21. The molecule has 176 valence electrons. The lowest BCUT2D eigenvalue weighted by atomic mass is 10.1. The molecular formula is C28H30FN3O2. The first-order valence-electron chi connectivity index (χ1n) is 11.9. The second-order valence-corrected chi connectivity index (χ2v) is 8.70. The van der Waals surface area contributed by atoms with Gasteiger partial charge in [0.15, 0.2) is 0 Å². The van der Waals surface area contributed by atoms with Gasteiger partial charge in [0.05, 0.1) is 11.4 Å². The van der Waals surface area contributed by atoms with Crippen molar-refractivity contribution in [1.82, 2.24) is 10.4 Å². The first-order valence-corrected chi connectivity index (χ1v) is 11.9. The van der Waals surface area contributed by atoms with E-state index in [4.69, 9.17) is 9.57 Å². The highest BCUT2D eigenvalue weighted by molar-refractivity contribution is 5.66. The van der Waals surface area contributed by atoms with Gasteiger partial charge in [0.1, 0.15) is 23.4 Å². The number of anilines is 1. The molecule has 2 aliphatic heterocycles. The molecule has 0 aromatic heterocycles. The van der Waals surface area contributed by atoms with E-state index >= 15 is 0 Å². The van der Waals surface area contributed by atoms with E-state index in [-0.39, 0.29) is 11.9 Å². The van der Waals surface area contributed by atoms with E-state index in [1.54, 1.807) is 6.07 Å². The smallest absolute Gasteiger partial charge is 0.146 e. The zero-order valence-electron chi connectivity index (χ0n) is 19.2. The summed E-state index contributed by atoms with van der Waals surface area (Å²) in [6, 6.07) is 24.8. The van der Waals surface area contributed by atoms with Crippen molar-refractivity contribution >= 4 is 11.4 Å². The fraction of sp³-hybridized carbons (Fsp3) is 0.286. The SMILES string of the molecule is Fc1ccccc1N1CCN(CCCC2C=C(c3cccc(Oc4ccccc4)c3)NO2)CC1. The molecule has 0 amide bonds. The maximum atomic E-state index is 14.0. The molecule has 0 aliphatic carbocycles. The van der Waals surface area contributed by atoms with Crippen LogP contribution in [0.4, 0.5) is 10.1 Å². The van der Waals surface area contributed by atoms with Gasteiger partial charge in [0.2, 0.25) is 0 Å². The molecule has 6 heteroatoms. The fourth-order valence-electron chi connectivity index (χ4n) is 4.48. The summed E-state index contributed by atoms with van der Waals surface area (Å²) in [5.74, 6) is 1.47. The number of halogens is 1. The van der Waals surface area contributed by atoms with Gasteiger partial charge < -0.3 is 9.64 Å². The Balaban J connectivity index is 1.08. The van der Waals surface area contributed by atoms with Crippen molar-refractivity contribution in [3.8, 4) is 11.5 Å². The molecule has 5 nitrogen and oxygen atoms in total. The molecule has 0 saturated carbocycles. The number of nitrogens with zero attached hydrogens (tertiary/aromatic N) is 2. The third-order valence-electron chi connectivity index (χ3n) is 6.33. The van der Waals surface area contributed by atoms with Crippen LogP contribution in [0.1, 0.15) is 18.4 Å². The quantitative estimate of drug-likeness (QED) is 0.484. The molecule has 1 saturated heterocycles. The van der Waals surface area contributed by atoms with Crippen molar-refractivity contribution in [3.63, 3.8) is 0 Å². The number of rotatable bonds is 8. The molecular weight excluding hydrogens is 429 g/mol. The number of ether oxygens (including phenoxy) is 1. The van der Waals surface area contributed by atoms with Gasteiger partial charge in [0.25, 0.3) is 0 Å². The van der Waals surface area contributed by atoms with Crippen LogP contribution in [0.15, 0.2) is 84.9 Å². The van der Waals surface area contributed by atoms with Gasteiger partial charge in [-0.25, -0.2) is 4.39 Å². The van der Waals surface area contributed by atoms with Crippen LogP contribution in [-0.2, 0) is 4.84 Å². The fourth-order valence-corrected chi connectivity index (χ4v) is 4.48. The molecule has 0 radical (unpaired) electrons. The summed E-state index contributed by atoms with van der Waals surface area (Å²) in [4.78, 5) is 10.4. The highest BCUT2D eigenvalue weighted by atomic mass is 19.1. The summed E-state index contributed by atoms with van der Waals surface area (Å²) in [5.41, 5.74) is 5.81. The lowest BCUT2D eigenvalue weighted by Crippen LogP contribution is -2.47. The Bertz CT molecular complexity index is 1110. The molecule has 5 rings (SSSR count). The van der Waals surface area contributed by atoms with Crippen LogP contribution >= 0.6 is 0 Å². The summed E-state index contributed by atoms with van der Waals surface area (Å²) in [6.07, 6.45) is 4.20. The molecule has 34 heavy (non-hydrogen) atoms. The number of hydrogen-bond acceptors (Lipinski definition) is 5. The van der Waals surface area contributed by atoms with Crippen LogP contribution in [0.5, 0.6) is 11.5 Å². The first kappa shape index (κ1) is 22.4. The number of hydroxylamine groups is 1. The van der Waals surface area contributed by atoms with Crippen molar-refractivity contribution < 1.29 is 14.0 Å². The number of hydrogen-bond donors (Lipinski definition) is 1. The van der Waals surface area contributed by atoms with E-state index < -0.39 is 0 Å². The average molecular weight is 460 g/mol. The molecule has 3 aromatic carbocycles. The van der Waals surface area contributed by atoms with Crippen LogP contribution in [0, 0.1) is 5.82 Å². The predicted molar refractivity (Wildman–Crippen MR) is 133 cm³/mol. The monoisotopic (exact) mass is 459 g/mol. The van der Waals surface area contributed by atoms with Crippen molar-refractivity contribution in [2.75, 3.05) is 37.6 Å². The zero-order valence-corrected chi connectivity index (χ0v) is 19.2. The minimum Gasteiger partial charge on any atom is -0.457 e. The van der Waals surface area contributed by atoms with Crippen molar-refractivity contribution in [2.45, 2.75) is 18.9 Å². The van der Waals surface area contributed by atoms with Gasteiger partial charge in [-0.05, 0) is 61.9 Å². The van der Waals surface area contributed by atoms with E-state index in [9.17, 15) is 4.39 Å². The Morgan fingerprint density at radius 2 is 1.65 bits per heavy atom. The molecule has 2 heterocycles. The van der Waals surface area contributed by atoms with Gasteiger partial charge in [0, 0.05) is 31.7 Å². The Morgan fingerprint density at radius 1 is 0.882 bits per heavy atom. The van der Waals surface area contributed by atoms with E-state index in [2.05, 4.69) is 27.4 Å². The molecule has 2 aliphatic rings. The normalized spacial score (nSPS) is 18.4. The molecule has 1 atom stereocenters. The average Bonchev–Trinajstić information content (AvgIpc) is 3.35. The van der Waals surface area contributed by atoms with Crippen LogP contribution in [0.3, 0.4) is 0 Å². The Kier molecular flexibility index (Phi) is 7.08. The summed E-state index contributed by atoms with van der Waals surface area (Å²) in [6.45, 7) is 4.64. The molecule has 1 unspecified atom stereocenters. The van der Waals surface area contributed by atoms with E-state index in [0.29, 0.717) is 5.69 Å².